The Morgan fingerprint density at radius 3 is 2.70 bits per heavy atom. The first kappa shape index (κ1) is 21.0. The third kappa shape index (κ3) is 4.41. The highest BCUT2D eigenvalue weighted by atomic mass is 35.5. The maximum atomic E-state index is 12.7. The van der Waals surface area contributed by atoms with Crippen molar-refractivity contribution in [2.45, 2.75) is 15.0 Å². The molecular weight excluding hydrogens is 450 g/mol. The van der Waals surface area contributed by atoms with Crippen molar-refractivity contribution in [3.63, 3.8) is 0 Å². The van der Waals surface area contributed by atoms with Crippen LogP contribution in [0.5, 0.6) is 0 Å². The zero-order valence-electron chi connectivity index (χ0n) is 15.6. The van der Waals surface area contributed by atoms with Gasteiger partial charge in [-0.3, -0.25) is 14.3 Å². The standard InChI is InChI=1S/C19H18ClN3O5S2/c20-12-2-1-3-13(10-12)22-30(26,27)14-4-5-16-15(11-14)21-18(24)17(29-16)19(25)23-6-8-28-9-7-23/h1-5,10-11,17,22H,6-9H2,(H,21,24). The third-order valence-corrected chi connectivity index (χ3v) is 7.50. The largest absolute Gasteiger partial charge is 0.378 e. The topological polar surface area (TPSA) is 105 Å². The molecule has 0 saturated carbocycles. The van der Waals surface area contributed by atoms with E-state index in [0.29, 0.717) is 47.6 Å². The Morgan fingerprint density at radius 2 is 1.97 bits per heavy atom. The highest BCUT2D eigenvalue weighted by Crippen LogP contribution is 2.38. The first-order valence-electron chi connectivity index (χ1n) is 9.10. The zero-order valence-corrected chi connectivity index (χ0v) is 18.0. The molecule has 2 aliphatic heterocycles. The lowest BCUT2D eigenvalue weighted by molar-refractivity contribution is -0.137. The molecule has 158 valence electrons. The van der Waals surface area contributed by atoms with Crippen LogP contribution in [0, 0.1) is 0 Å². The zero-order chi connectivity index (χ0) is 21.3. The monoisotopic (exact) mass is 467 g/mol. The lowest BCUT2D eigenvalue weighted by Gasteiger charge is -2.31. The van der Waals surface area contributed by atoms with Crippen molar-refractivity contribution in [2.24, 2.45) is 0 Å². The summed E-state index contributed by atoms with van der Waals surface area (Å²) in [4.78, 5) is 27.5. The number of hydrogen-bond acceptors (Lipinski definition) is 6. The second-order valence-corrected chi connectivity index (χ2v) is 9.96. The number of nitrogens with zero attached hydrogens (tertiary/aromatic N) is 1. The number of benzene rings is 2. The summed E-state index contributed by atoms with van der Waals surface area (Å²) in [6, 6.07) is 10.8. The molecule has 4 rings (SSSR count). The number of rotatable bonds is 4. The van der Waals surface area contributed by atoms with Crippen LogP contribution in [0.15, 0.2) is 52.3 Å². The number of sulfonamides is 1. The number of thioether (sulfide) groups is 1. The number of fused-ring (bicyclic) bond motifs is 1. The minimum atomic E-state index is -3.89. The van der Waals surface area contributed by atoms with E-state index in [1.807, 2.05) is 0 Å². The van der Waals surface area contributed by atoms with Crippen LogP contribution in [0.25, 0.3) is 0 Å². The van der Waals surface area contributed by atoms with E-state index in [4.69, 9.17) is 16.3 Å². The third-order valence-electron chi connectivity index (χ3n) is 4.63. The van der Waals surface area contributed by atoms with Crippen molar-refractivity contribution in [3.05, 3.63) is 47.5 Å². The van der Waals surface area contributed by atoms with E-state index in [-0.39, 0.29) is 10.8 Å². The van der Waals surface area contributed by atoms with E-state index >= 15 is 0 Å². The van der Waals surface area contributed by atoms with E-state index in [0.717, 1.165) is 11.8 Å². The second kappa shape index (κ2) is 8.46. The van der Waals surface area contributed by atoms with Crippen LogP contribution >= 0.6 is 23.4 Å². The molecule has 0 aromatic heterocycles. The van der Waals surface area contributed by atoms with Crippen molar-refractivity contribution in [2.75, 3.05) is 36.3 Å². The number of morpholine rings is 1. The number of amides is 2. The van der Waals surface area contributed by atoms with Gasteiger partial charge in [-0.1, -0.05) is 17.7 Å². The van der Waals surface area contributed by atoms with E-state index in [2.05, 4.69) is 10.0 Å². The lowest BCUT2D eigenvalue weighted by atomic mass is 10.2. The predicted octanol–water partition coefficient (Wildman–Crippen LogP) is 2.41. The molecule has 1 unspecified atom stereocenters. The summed E-state index contributed by atoms with van der Waals surface area (Å²) in [6.07, 6.45) is 0. The minimum Gasteiger partial charge on any atom is -0.378 e. The molecule has 1 atom stereocenters. The number of ether oxygens (including phenoxy) is 1. The summed E-state index contributed by atoms with van der Waals surface area (Å²) >= 11 is 7.02. The molecule has 2 aromatic carbocycles. The number of hydrogen-bond donors (Lipinski definition) is 2. The lowest BCUT2D eigenvalue weighted by Crippen LogP contribution is -2.49. The highest BCUT2D eigenvalue weighted by Gasteiger charge is 2.36. The quantitative estimate of drug-likeness (QED) is 0.669. The van der Waals surface area contributed by atoms with Gasteiger partial charge in [-0.05, 0) is 36.4 Å². The maximum Gasteiger partial charge on any atom is 0.261 e. The predicted molar refractivity (Wildman–Crippen MR) is 114 cm³/mol. The Bertz CT molecular complexity index is 1100. The fourth-order valence-electron chi connectivity index (χ4n) is 3.13. The highest BCUT2D eigenvalue weighted by molar-refractivity contribution is 8.01. The van der Waals surface area contributed by atoms with Gasteiger partial charge in [0.15, 0.2) is 5.25 Å². The Balaban J connectivity index is 1.54. The van der Waals surface area contributed by atoms with Crippen LogP contribution in [0.2, 0.25) is 5.02 Å². The van der Waals surface area contributed by atoms with E-state index in [9.17, 15) is 18.0 Å². The molecule has 1 saturated heterocycles. The van der Waals surface area contributed by atoms with Gasteiger partial charge in [-0.15, -0.1) is 11.8 Å². The van der Waals surface area contributed by atoms with Crippen LogP contribution < -0.4 is 10.0 Å². The molecule has 2 aromatic rings. The summed E-state index contributed by atoms with van der Waals surface area (Å²) in [5.74, 6) is -0.743. The number of carbonyl (C=O) groups excluding carboxylic acids is 2. The van der Waals surface area contributed by atoms with Crippen molar-refractivity contribution in [3.8, 4) is 0 Å². The molecule has 11 heteroatoms. The van der Waals surface area contributed by atoms with E-state index in [1.54, 1.807) is 29.2 Å². The van der Waals surface area contributed by atoms with Gasteiger partial charge in [0.25, 0.3) is 10.0 Å². The summed E-state index contributed by atoms with van der Waals surface area (Å²) < 4.78 is 33.1. The molecule has 0 aliphatic carbocycles. The first-order chi connectivity index (χ1) is 14.3. The van der Waals surface area contributed by atoms with Gasteiger partial charge in [0.1, 0.15) is 0 Å². The van der Waals surface area contributed by atoms with Gasteiger partial charge in [-0.25, -0.2) is 8.42 Å². The molecule has 1 fully saturated rings. The molecular formula is C19H18ClN3O5S2. The fraction of sp³-hybridized carbons (Fsp3) is 0.263. The molecule has 2 aliphatic rings. The Morgan fingerprint density at radius 1 is 1.20 bits per heavy atom. The molecule has 0 bridgehead atoms. The minimum absolute atomic E-state index is 0.0138. The van der Waals surface area contributed by atoms with Crippen molar-refractivity contribution in [1.82, 2.24) is 4.90 Å². The SMILES string of the molecule is O=C1Nc2cc(S(=O)(=O)Nc3cccc(Cl)c3)ccc2SC1C(=O)N1CCOCC1. The molecule has 2 amide bonds. The molecule has 30 heavy (non-hydrogen) atoms. The number of nitrogens with one attached hydrogen (secondary N) is 2. The first-order valence-corrected chi connectivity index (χ1v) is 11.8. The van der Waals surface area contributed by atoms with Crippen LogP contribution in [0.4, 0.5) is 11.4 Å². The van der Waals surface area contributed by atoms with Gasteiger partial charge in [0.2, 0.25) is 11.8 Å². The Labute approximate surface area is 183 Å². The smallest absolute Gasteiger partial charge is 0.261 e. The Kier molecular flexibility index (Phi) is 5.92. The van der Waals surface area contributed by atoms with E-state index in [1.165, 1.54) is 18.2 Å². The van der Waals surface area contributed by atoms with Gasteiger partial charge in [0, 0.05) is 23.0 Å². The fourth-order valence-corrected chi connectivity index (χ4v) is 5.45. The molecule has 0 radical (unpaired) electrons. The summed E-state index contributed by atoms with van der Waals surface area (Å²) in [5.41, 5.74) is 0.680. The van der Waals surface area contributed by atoms with Crippen LogP contribution in [-0.4, -0.2) is 56.7 Å². The van der Waals surface area contributed by atoms with Gasteiger partial charge in [0.05, 0.1) is 29.5 Å². The van der Waals surface area contributed by atoms with Crippen molar-refractivity contribution in [1.29, 1.82) is 0 Å². The molecule has 8 nitrogen and oxygen atoms in total. The molecule has 2 heterocycles. The summed E-state index contributed by atoms with van der Waals surface area (Å²) in [7, 11) is -3.89. The van der Waals surface area contributed by atoms with Crippen LogP contribution in [-0.2, 0) is 24.3 Å². The molecule has 2 N–H and O–H groups in total. The van der Waals surface area contributed by atoms with E-state index < -0.39 is 21.2 Å². The van der Waals surface area contributed by atoms with Gasteiger partial charge < -0.3 is 15.0 Å². The number of halogens is 1. The Hall–Kier alpha value is -2.27. The summed E-state index contributed by atoms with van der Waals surface area (Å²) in [5, 5.41) is 2.15. The van der Waals surface area contributed by atoms with Crippen molar-refractivity contribution < 1.29 is 22.7 Å². The van der Waals surface area contributed by atoms with Crippen molar-refractivity contribution >= 4 is 56.6 Å². The maximum absolute atomic E-state index is 12.7. The molecule has 0 spiro atoms. The second-order valence-electron chi connectivity index (χ2n) is 6.70. The average molecular weight is 468 g/mol. The van der Waals surface area contributed by atoms with Gasteiger partial charge >= 0.3 is 0 Å². The van der Waals surface area contributed by atoms with Gasteiger partial charge in [-0.2, -0.15) is 0 Å². The number of anilines is 2. The average Bonchev–Trinajstić information content (AvgIpc) is 2.72. The number of carbonyl (C=O) groups is 2. The van der Waals surface area contributed by atoms with Crippen LogP contribution in [0.3, 0.4) is 0 Å². The normalized spacial score (nSPS) is 19.0. The summed E-state index contributed by atoms with van der Waals surface area (Å²) in [6.45, 7) is 1.79. The van der Waals surface area contributed by atoms with Crippen LogP contribution in [0.1, 0.15) is 0 Å².